The van der Waals surface area contributed by atoms with Crippen LogP contribution in [0, 0.1) is 0 Å². The first kappa shape index (κ1) is 15.8. The van der Waals surface area contributed by atoms with Gasteiger partial charge in [-0.05, 0) is 17.7 Å². The van der Waals surface area contributed by atoms with Crippen LogP contribution in [0.25, 0.3) is 0 Å². The van der Waals surface area contributed by atoms with Gasteiger partial charge in [0.1, 0.15) is 6.54 Å². The van der Waals surface area contributed by atoms with Crippen molar-refractivity contribution in [2.75, 3.05) is 32.8 Å². The Morgan fingerprint density at radius 2 is 1.86 bits per heavy atom. The number of hydrogen-bond acceptors (Lipinski definition) is 3. The van der Waals surface area contributed by atoms with E-state index in [4.69, 9.17) is 16.3 Å². The Bertz CT molecular complexity index is 498. The Kier molecular flexibility index (Phi) is 5.59. The monoisotopic (exact) mass is 310 g/mol. The molecule has 0 N–H and O–H groups in total. The number of nitrogens with zero attached hydrogens (tertiary/aromatic N) is 2. The van der Waals surface area contributed by atoms with Gasteiger partial charge in [-0.1, -0.05) is 23.7 Å². The number of benzene rings is 1. The zero-order chi connectivity index (χ0) is 15.2. The number of carbonyl (C=O) groups is 2. The summed E-state index contributed by atoms with van der Waals surface area (Å²) < 4.78 is 5.22. The summed E-state index contributed by atoms with van der Waals surface area (Å²) in [6.45, 7) is 4.27. The third-order valence-electron chi connectivity index (χ3n) is 3.42. The van der Waals surface area contributed by atoms with Gasteiger partial charge in [-0.15, -0.1) is 0 Å². The minimum absolute atomic E-state index is 0.0394. The molecule has 0 aliphatic carbocycles. The van der Waals surface area contributed by atoms with Gasteiger partial charge in [0.15, 0.2) is 0 Å². The van der Waals surface area contributed by atoms with E-state index in [9.17, 15) is 9.59 Å². The Morgan fingerprint density at radius 3 is 2.43 bits per heavy atom. The molecule has 2 rings (SSSR count). The number of rotatable bonds is 4. The molecule has 0 bridgehead atoms. The van der Waals surface area contributed by atoms with E-state index in [1.54, 1.807) is 21.9 Å². The lowest BCUT2D eigenvalue weighted by Gasteiger charge is -2.29. The predicted octanol–water partition coefficient (Wildman–Crippen LogP) is 1.55. The number of amides is 2. The van der Waals surface area contributed by atoms with E-state index in [1.165, 1.54) is 6.92 Å². The molecule has 0 atom stereocenters. The Morgan fingerprint density at radius 1 is 1.24 bits per heavy atom. The molecule has 0 radical (unpaired) electrons. The summed E-state index contributed by atoms with van der Waals surface area (Å²) in [6.07, 6.45) is 0. The lowest BCUT2D eigenvalue weighted by Crippen LogP contribution is -2.46. The maximum absolute atomic E-state index is 12.2. The average Bonchev–Trinajstić information content (AvgIpc) is 2.49. The van der Waals surface area contributed by atoms with Crippen LogP contribution in [0.5, 0.6) is 0 Å². The van der Waals surface area contributed by atoms with Crippen LogP contribution in [0.15, 0.2) is 24.3 Å². The molecule has 1 fully saturated rings. The van der Waals surface area contributed by atoms with Gasteiger partial charge >= 0.3 is 0 Å². The van der Waals surface area contributed by atoms with Crippen LogP contribution in [-0.4, -0.2) is 54.5 Å². The van der Waals surface area contributed by atoms with Crippen LogP contribution >= 0.6 is 11.6 Å². The van der Waals surface area contributed by atoms with E-state index in [-0.39, 0.29) is 18.4 Å². The molecule has 114 valence electrons. The molecule has 1 aliphatic heterocycles. The van der Waals surface area contributed by atoms with E-state index in [1.807, 2.05) is 12.1 Å². The third kappa shape index (κ3) is 4.72. The van der Waals surface area contributed by atoms with Crippen molar-refractivity contribution in [2.24, 2.45) is 0 Å². The summed E-state index contributed by atoms with van der Waals surface area (Å²) in [5, 5.41) is 0.650. The van der Waals surface area contributed by atoms with Crippen molar-refractivity contribution in [3.8, 4) is 0 Å². The molecule has 0 aromatic heterocycles. The molecular formula is C15H19ClN2O3. The van der Waals surface area contributed by atoms with Gasteiger partial charge in [-0.3, -0.25) is 9.59 Å². The molecule has 2 amide bonds. The molecule has 1 aromatic carbocycles. The molecule has 1 aromatic rings. The van der Waals surface area contributed by atoms with Crippen molar-refractivity contribution in [3.63, 3.8) is 0 Å². The Hall–Kier alpha value is -1.59. The highest BCUT2D eigenvalue weighted by Crippen LogP contribution is 2.12. The topological polar surface area (TPSA) is 49.9 Å². The van der Waals surface area contributed by atoms with Crippen LogP contribution in [-0.2, 0) is 20.9 Å². The second kappa shape index (κ2) is 7.43. The Balaban J connectivity index is 1.96. The fourth-order valence-electron chi connectivity index (χ4n) is 2.16. The third-order valence-corrected chi connectivity index (χ3v) is 3.67. The molecule has 5 nitrogen and oxygen atoms in total. The molecule has 21 heavy (non-hydrogen) atoms. The average molecular weight is 311 g/mol. The van der Waals surface area contributed by atoms with Crippen LogP contribution in [0.3, 0.4) is 0 Å². The molecular weight excluding hydrogens is 292 g/mol. The van der Waals surface area contributed by atoms with E-state index in [0.29, 0.717) is 37.9 Å². The summed E-state index contributed by atoms with van der Waals surface area (Å²) in [5.41, 5.74) is 0.948. The minimum Gasteiger partial charge on any atom is -0.378 e. The smallest absolute Gasteiger partial charge is 0.242 e. The largest absolute Gasteiger partial charge is 0.378 e. The van der Waals surface area contributed by atoms with Crippen LogP contribution in [0.2, 0.25) is 5.02 Å². The van der Waals surface area contributed by atoms with Gasteiger partial charge in [-0.25, -0.2) is 0 Å². The van der Waals surface area contributed by atoms with Gasteiger partial charge < -0.3 is 14.5 Å². The van der Waals surface area contributed by atoms with Gasteiger partial charge in [0.25, 0.3) is 0 Å². The second-order valence-corrected chi connectivity index (χ2v) is 5.43. The first-order chi connectivity index (χ1) is 10.1. The van der Waals surface area contributed by atoms with Crippen molar-refractivity contribution in [1.29, 1.82) is 0 Å². The standard InChI is InChI=1S/C15H19ClN2O3/c1-12(19)18(10-13-2-4-14(16)5-3-13)11-15(20)17-6-8-21-9-7-17/h2-5H,6-11H2,1H3. The van der Waals surface area contributed by atoms with Crippen molar-refractivity contribution in [2.45, 2.75) is 13.5 Å². The highest BCUT2D eigenvalue weighted by Gasteiger charge is 2.21. The fourth-order valence-corrected chi connectivity index (χ4v) is 2.29. The highest BCUT2D eigenvalue weighted by molar-refractivity contribution is 6.30. The van der Waals surface area contributed by atoms with Gasteiger partial charge in [0.05, 0.1) is 13.2 Å². The maximum Gasteiger partial charge on any atom is 0.242 e. The van der Waals surface area contributed by atoms with Crippen LogP contribution in [0.1, 0.15) is 12.5 Å². The number of morpholine rings is 1. The van der Waals surface area contributed by atoms with Crippen LogP contribution in [0.4, 0.5) is 0 Å². The number of hydrogen-bond donors (Lipinski definition) is 0. The number of carbonyl (C=O) groups excluding carboxylic acids is 2. The van der Waals surface area contributed by atoms with Crippen molar-refractivity contribution >= 4 is 23.4 Å². The first-order valence-corrected chi connectivity index (χ1v) is 7.29. The summed E-state index contributed by atoms with van der Waals surface area (Å²) in [7, 11) is 0. The number of halogens is 1. The van der Waals surface area contributed by atoms with Crippen molar-refractivity contribution in [3.05, 3.63) is 34.9 Å². The van der Waals surface area contributed by atoms with Crippen molar-refractivity contribution in [1.82, 2.24) is 9.80 Å². The molecule has 0 saturated carbocycles. The summed E-state index contributed by atoms with van der Waals surface area (Å²) in [6, 6.07) is 7.27. The van der Waals surface area contributed by atoms with E-state index >= 15 is 0 Å². The normalized spacial score (nSPS) is 14.9. The SMILES string of the molecule is CC(=O)N(CC(=O)N1CCOCC1)Cc1ccc(Cl)cc1. The maximum atomic E-state index is 12.2. The van der Waals surface area contributed by atoms with Gasteiger partial charge in [-0.2, -0.15) is 0 Å². The molecule has 1 saturated heterocycles. The summed E-state index contributed by atoms with van der Waals surface area (Å²) in [5.74, 6) is -0.158. The predicted molar refractivity (Wildman–Crippen MR) is 79.9 cm³/mol. The lowest BCUT2D eigenvalue weighted by atomic mass is 10.2. The molecule has 1 aliphatic rings. The Labute approximate surface area is 129 Å². The van der Waals surface area contributed by atoms with Crippen molar-refractivity contribution < 1.29 is 14.3 Å². The summed E-state index contributed by atoms with van der Waals surface area (Å²) >= 11 is 5.84. The van der Waals surface area contributed by atoms with E-state index < -0.39 is 0 Å². The molecule has 1 heterocycles. The fraction of sp³-hybridized carbons (Fsp3) is 0.467. The molecule has 0 unspecified atom stereocenters. The number of ether oxygens (including phenoxy) is 1. The first-order valence-electron chi connectivity index (χ1n) is 6.92. The molecule has 0 spiro atoms. The summed E-state index contributed by atoms with van der Waals surface area (Å²) in [4.78, 5) is 27.2. The van der Waals surface area contributed by atoms with Gasteiger partial charge in [0, 0.05) is 31.6 Å². The quantitative estimate of drug-likeness (QED) is 0.848. The van der Waals surface area contributed by atoms with E-state index in [0.717, 1.165) is 5.56 Å². The lowest BCUT2D eigenvalue weighted by molar-refractivity contribution is -0.142. The zero-order valence-corrected chi connectivity index (χ0v) is 12.8. The zero-order valence-electron chi connectivity index (χ0n) is 12.0. The van der Waals surface area contributed by atoms with E-state index in [2.05, 4.69) is 0 Å². The van der Waals surface area contributed by atoms with Gasteiger partial charge in [0.2, 0.25) is 11.8 Å². The second-order valence-electron chi connectivity index (χ2n) is 4.99. The minimum atomic E-state index is -0.119. The molecule has 6 heteroatoms. The highest BCUT2D eigenvalue weighted by atomic mass is 35.5. The van der Waals surface area contributed by atoms with Crippen LogP contribution < -0.4 is 0 Å².